The molecule has 0 aliphatic heterocycles. The topological polar surface area (TPSA) is 62.0 Å². The van der Waals surface area contributed by atoms with E-state index in [1.807, 2.05) is 34.9 Å². The lowest BCUT2D eigenvalue weighted by molar-refractivity contribution is 0.0997. The van der Waals surface area contributed by atoms with Crippen LogP contribution in [0.5, 0.6) is 11.5 Å². The Labute approximate surface area is 178 Å². The molecule has 0 saturated heterocycles. The molecule has 0 unspecified atom stereocenters. The number of aromatic nitrogens is 1. The normalized spacial score (nSPS) is 11.8. The summed E-state index contributed by atoms with van der Waals surface area (Å²) in [7, 11) is 4.86. The van der Waals surface area contributed by atoms with Crippen LogP contribution in [0.2, 0.25) is 0 Å². The number of hydrogen-bond acceptors (Lipinski definition) is 6. The Balaban J connectivity index is 2.11. The van der Waals surface area contributed by atoms with E-state index in [1.165, 1.54) is 11.3 Å². The maximum absolute atomic E-state index is 12.9. The Morgan fingerprint density at radius 2 is 1.90 bits per heavy atom. The molecule has 3 rings (SSSR count). The van der Waals surface area contributed by atoms with Crippen LogP contribution >= 0.6 is 23.1 Å². The third-order valence-electron chi connectivity index (χ3n) is 4.30. The zero-order valence-electron chi connectivity index (χ0n) is 16.9. The first-order valence-electron chi connectivity index (χ1n) is 9.17. The molecule has 0 atom stereocenters. The minimum atomic E-state index is -0.264. The average molecular weight is 433 g/mol. The third kappa shape index (κ3) is 4.83. The highest BCUT2D eigenvalue weighted by atomic mass is 32.2. The van der Waals surface area contributed by atoms with Gasteiger partial charge in [-0.3, -0.25) is 4.79 Å². The SMILES string of the molecule is CCSc1cccc(C(=O)N=c2sc3cc(OC)c(OC)cc3n2CCOC)c1. The molecule has 29 heavy (non-hydrogen) atoms. The molecule has 154 valence electrons. The summed E-state index contributed by atoms with van der Waals surface area (Å²) in [6, 6.07) is 11.4. The van der Waals surface area contributed by atoms with Crippen LogP contribution in [0.4, 0.5) is 0 Å². The summed E-state index contributed by atoms with van der Waals surface area (Å²) >= 11 is 3.14. The molecule has 1 heterocycles. The van der Waals surface area contributed by atoms with E-state index in [0.29, 0.717) is 35.0 Å². The van der Waals surface area contributed by atoms with Gasteiger partial charge in [-0.2, -0.15) is 4.99 Å². The van der Waals surface area contributed by atoms with Gasteiger partial charge in [0.05, 0.1) is 31.0 Å². The van der Waals surface area contributed by atoms with Crippen LogP contribution in [0, 0.1) is 0 Å². The molecule has 8 heteroatoms. The number of rotatable bonds is 8. The quantitative estimate of drug-likeness (QED) is 0.499. The second-order valence-corrected chi connectivity index (χ2v) is 8.43. The highest BCUT2D eigenvalue weighted by Crippen LogP contribution is 2.33. The van der Waals surface area contributed by atoms with Crippen molar-refractivity contribution in [2.24, 2.45) is 4.99 Å². The number of nitrogens with zero attached hydrogens (tertiary/aromatic N) is 2. The molecule has 0 saturated carbocycles. The minimum absolute atomic E-state index is 0.264. The molecule has 0 radical (unpaired) electrons. The van der Waals surface area contributed by atoms with E-state index >= 15 is 0 Å². The fourth-order valence-electron chi connectivity index (χ4n) is 2.92. The number of benzene rings is 2. The van der Waals surface area contributed by atoms with Gasteiger partial charge < -0.3 is 18.8 Å². The number of fused-ring (bicyclic) bond motifs is 1. The first kappa shape index (κ1) is 21.4. The van der Waals surface area contributed by atoms with Crippen LogP contribution in [0.3, 0.4) is 0 Å². The molecule has 3 aromatic rings. The van der Waals surface area contributed by atoms with Crippen LogP contribution in [0.15, 0.2) is 46.3 Å². The predicted octanol–water partition coefficient (Wildman–Crippen LogP) is 4.22. The number of thioether (sulfide) groups is 1. The van der Waals surface area contributed by atoms with E-state index in [2.05, 4.69) is 11.9 Å². The zero-order chi connectivity index (χ0) is 20.8. The van der Waals surface area contributed by atoms with Crippen molar-refractivity contribution in [1.82, 2.24) is 4.57 Å². The van der Waals surface area contributed by atoms with Crippen molar-refractivity contribution in [1.29, 1.82) is 0 Å². The monoisotopic (exact) mass is 432 g/mol. The highest BCUT2D eigenvalue weighted by molar-refractivity contribution is 7.99. The van der Waals surface area contributed by atoms with E-state index in [9.17, 15) is 4.79 Å². The van der Waals surface area contributed by atoms with Crippen molar-refractivity contribution in [2.45, 2.75) is 18.4 Å². The van der Waals surface area contributed by atoms with E-state index in [4.69, 9.17) is 14.2 Å². The Bertz CT molecular complexity index is 1070. The number of carbonyl (C=O) groups is 1. The lowest BCUT2D eigenvalue weighted by atomic mass is 10.2. The van der Waals surface area contributed by atoms with Gasteiger partial charge >= 0.3 is 0 Å². The maximum atomic E-state index is 12.9. The van der Waals surface area contributed by atoms with Gasteiger partial charge in [-0.25, -0.2) is 0 Å². The number of amides is 1. The van der Waals surface area contributed by atoms with Gasteiger partial charge in [-0.1, -0.05) is 24.3 Å². The minimum Gasteiger partial charge on any atom is -0.493 e. The fraction of sp³-hybridized carbons (Fsp3) is 0.333. The standard InChI is InChI=1S/C21H24N2O4S2/c1-5-28-15-8-6-7-14(11-15)20(24)22-21-23(9-10-25-2)16-12-17(26-3)18(27-4)13-19(16)29-21/h6-8,11-13H,5,9-10H2,1-4H3. The van der Waals surface area contributed by atoms with Gasteiger partial charge in [-0.05, 0) is 24.0 Å². The largest absolute Gasteiger partial charge is 0.493 e. The Morgan fingerprint density at radius 3 is 2.59 bits per heavy atom. The molecule has 0 aliphatic carbocycles. The molecule has 2 aromatic carbocycles. The van der Waals surface area contributed by atoms with Gasteiger partial charge in [0.25, 0.3) is 5.91 Å². The molecule has 0 fully saturated rings. The highest BCUT2D eigenvalue weighted by Gasteiger charge is 2.14. The summed E-state index contributed by atoms with van der Waals surface area (Å²) in [4.78, 5) is 19.0. The van der Waals surface area contributed by atoms with Crippen LogP contribution in [0.25, 0.3) is 10.2 Å². The second-order valence-electron chi connectivity index (χ2n) is 6.08. The van der Waals surface area contributed by atoms with Gasteiger partial charge in [0.2, 0.25) is 0 Å². The van der Waals surface area contributed by atoms with Gasteiger partial charge in [0.1, 0.15) is 0 Å². The first-order chi connectivity index (χ1) is 14.1. The molecule has 6 nitrogen and oxygen atoms in total. The van der Waals surface area contributed by atoms with Gasteiger partial charge in [0, 0.05) is 36.2 Å². The number of carbonyl (C=O) groups excluding carboxylic acids is 1. The first-order valence-corrected chi connectivity index (χ1v) is 11.0. The summed E-state index contributed by atoms with van der Waals surface area (Å²) < 4.78 is 19.0. The van der Waals surface area contributed by atoms with Gasteiger partial charge in [0.15, 0.2) is 16.3 Å². The summed E-state index contributed by atoms with van der Waals surface area (Å²) in [5.74, 6) is 1.96. The molecule has 0 spiro atoms. The summed E-state index contributed by atoms with van der Waals surface area (Å²) in [6.45, 7) is 3.16. The van der Waals surface area contributed by atoms with Crippen molar-refractivity contribution in [3.63, 3.8) is 0 Å². The van der Waals surface area contributed by atoms with Crippen molar-refractivity contribution in [2.75, 3.05) is 33.7 Å². The van der Waals surface area contributed by atoms with E-state index in [0.717, 1.165) is 20.9 Å². The summed E-state index contributed by atoms with van der Waals surface area (Å²) in [5.41, 5.74) is 1.50. The Hall–Kier alpha value is -2.29. The van der Waals surface area contributed by atoms with Crippen LogP contribution in [-0.4, -0.2) is 44.2 Å². The van der Waals surface area contributed by atoms with E-state index < -0.39 is 0 Å². The van der Waals surface area contributed by atoms with E-state index in [1.54, 1.807) is 39.2 Å². The molecule has 0 bridgehead atoms. The molecular weight excluding hydrogens is 408 g/mol. The Morgan fingerprint density at radius 1 is 1.14 bits per heavy atom. The lowest BCUT2D eigenvalue weighted by Crippen LogP contribution is -2.19. The summed E-state index contributed by atoms with van der Waals surface area (Å²) in [6.07, 6.45) is 0. The van der Waals surface area contributed by atoms with Gasteiger partial charge in [-0.15, -0.1) is 11.8 Å². The van der Waals surface area contributed by atoms with Crippen LogP contribution < -0.4 is 14.3 Å². The molecule has 0 aliphatic rings. The van der Waals surface area contributed by atoms with Crippen molar-refractivity contribution < 1.29 is 19.0 Å². The molecule has 1 aromatic heterocycles. The number of ether oxygens (including phenoxy) is 3. The lowest BCUT2D eigenvalue weighted by Gasteiger charge is -2.09. The smallest absolute Gasteiger partial charge is 0.279 e. The van der Waals surface area contributed by atoms with Crippen molar-refractivity contribution in [3.8, 4) is 11.5 Å². The molecule has 1 amide bonds. The maximum Gasteiger partial charge on any atom is 0.279 e. The predicted molar refractivity (Wildman–Crippen MR) is 118 cm³/mol. The van der Waals surface area contributed by atoms with Crippen molar-refractivity contribution >= 4 is 39.2 Å². The fourth-order valence-corrected chi connectivity index (χ4v) is 4.70. The van der Waals surface area contributed by atoms with Crippen molar-refractivity contribution in [3.05, 3.63) is 46.8 Å². The molecule has 0 N–H and O–H groups in total. The zero-order valence-corrected chi connectivity index (χ0v) is 18.6. The second kappa shape index (κ2) is 9.96. The van der Waals surface area contributed by atoms with Crippen LogP contribution in [-0.2, 0) is 11.3 Å². The molecular formula is C21H24N2O4S2. The summed E-state index contributed by atoms with van der Waals surface area (Å²) in [5, 5.41) is 0. The Kier molecular flexibility index (Phi) is 7.35. The third-order valence-corrected chi connectivity index (χ3v) is 6.21. The number of hydrogen-bond donors (Lipinski definition) is 0. The number of thiazole rings is 1. The average Bonchev–Trinajstić information content (AvgIpc) is 3.07. The van der Waals surface area contributed by atoms with E-state index in [-0.39, 0.29) is 5.91 Å². The van der Waals surface area contributed by atoms with Crippen LogP contribution in [0.1, 0.15) is 17.3 Å². The number of methoxy groups -OCH3 is 3.